The molecule has 0 heterocycles. The van der Waals surface area contributed by atoms with E-state index in [-0.39, 0.29) is 24.9 Å². The van der Waals surface area contributed by atoms with E-state index in [2.05, 4.69) is 12.2 Å². The fourth-order valence-electron chi connectivity index (χ4n) is 1.89. The van der Waals surface area contributed by atoms with Gasteiger partial charge < -0.3 is 10.1 Å². The zero-order valence-corrected chi connectivity index (χ0v) is 11.9. The van der Waals surface area contributed by atoms with Crippen molar-refractivity contribution >= 4 is 5.91 Å². The molecule has 1 amide bonds. The number of carbonyl (C=O) groups excluding carboxylic acids is 1. The first-order valence-corrected chi connectivity index (χ1v) is 6.91. The van der Waals surface area contributed by atoms with Gasteiger partial charge >= 0.3 is 0 Å². The van der Waals surface area contributed by atoms with Crippen molar-refractivity contribution in [3.63, 3.8) is 0 Å². The van der Waals surface area contributed by atoms with Gasteiger partial charge in [0, 0.05) is 12.1 Å². The number of amides is 1. The standard InChI is InChI=1S/C17H18FNO2/c1-2-13-6-5-8-15(10-13)21-12-17(20)19-11-14-7-3-4-9-16(14)18/h3-10H,2,11-12H2,1H3,(H,19,20). The van der Waals surface area contributed by atoms with Crippen LogP contribution in [-0.2, 0) is 17.8 Å². The minimum atomic E-state index is -0.325. The van der Waals surface area contributed by atoms with Gasteiger partial charge in [0.05, 0.1) is 0 Å². The van der Waals surface area contributed by atoms with Crippen LogP contribution < -0.4 is 10.1 Å². The molecule has 0 aliphatic carbocycles. The highest BCUT2D eigenvalue weighted by Crippen LogP contribution is 2.13. The molecule has 3 nitrogen and oxygen atoms in total. The summed E-state index contributed by atoms with van der Waals surface area (Å²) >= 11 is 0. The van der Waals surface area contributed by atoms with Crippen LogP contribution in [0.25, 0.3) is 0 Å². The summed E-state index contributed by atoms with van der Waals surface area (Å²) in [6, 6.07) is 14.0. The molecular weight excluding hydrogens is 269 g/mol. The van der Waals surface area contributed by atoms with E-state index in [1.54, 1.807) is 18.2 Å². The Morgan fingerprint density at radius 3 is 2.76 bits per heavy atom. The first kappa shape index (κ1) is 15.0. The Hall–Kier alpha value is -2.36. The maximum atomic E-state index is 13.4. The highest BCUT2D eigenvalue weighted by atomic mass is 19.1. The molecule has 0 fully saturated rings. The lowest BCUT2D eigenvalue weighted by Gasteiger charge is -2.09. The minimum Gasteiger partial charge on any atom is -0.484 e. The van der Waals surface area contributed by atoms with Gasteiger partial charge in [-0.25, -0.2) is 4.39 Å². The van der Waals surface area contributed by atoms with Gasteiger partial charge in [-0.3, -0.25) is 4.79 Å². The van der Waals surface area contributed by atoms with Crippen molar-refractivity contribution in [2.24, 2.45) is 0 Å². The van der Waals surface area contributed by atoms with E-state index >= 15 is 0 Å². The van der Waals surface area contributed by atoms with Crippen molar-refractivity contribution < 1.29 is 13.9 Å². The van der Waals surface area contributed by atoms with Crippen LogP contribution in [0.15, 0.2) is 48.5 Å². The summed E-state index contributed by atoms with van der Waals surface area (Å²) in [6.07, 6.45) is 0.913. The monoisotopic (exact) mass is 287 g/mol. The molecule has 2 aromatic carbocycles. The maximum Gasteiger partial charge on any atom is 0.258 e. The Kier molecular flexibility index (Phi) is 5.32. The molecule has 0 atom stereocenters. The highest BCUT2D eigenvalue weighted by Gasteiger charge is 2.05. The second-order valence-corrected chi connectivity index (χ2v) is 4.66. The fraction of sp³-hybridized carbons (Fsp3) is 0.235. The molecular formula is C17H18FNO2. The zero-order valence-electron chi connectivity index (χ0n) is 11.9. The van der Waals surface area contributed by atoms with Crippen molar-refractivity contribution in [3.05, 3.63) is 65.5 Å². The Balaban J connectivity index is 1.81. The van der Waals surface area contributed by atoms with E-state index in [1.807, 2.05) is 24.3 Å². The number of nitrogens with one attached hydrogen (secondary N) is 1. The molecule has 0 aromatic heterocycles. The normalized spacial score (nSPS) is 10.2. The summed E-state index contributed by atoms with van der Waals surface area (Å²) in [4.78, 5) is 11.7. The Morgan fingerprint density at radius 2 is 2.00 bits per heavy atom. The average molecular weight is 287 g/mol. The maximum absolute atomic E-state index is 13.4. The largest absolute Gasteiger partial charge is 0.484 e. The molecule has 0 bridgehead atoms. The van der Waals surface area contributed by atoms with Crippen LogP contribution in [-0.4, -0.2) is 12.5 Å². The van der Waals surface area contributed by atoms with Crippen LogP contribution in [0, 0.1) is 5.82 Å². The molecule has 0 spiro atoms. The van der Waals surface area contributed by atoms with Gasteiger partial charge in [-0.2, -0.15) is 0 Å². The number of hydrogen-bond acceptors (Lipinski definition) is 2. The van der Waals surface area contributed by atoms with Gasteiger partial charge in [0.2, 0.25) is 0 Å². The number of benzene rings is 2. The van der Waals surface area contributed by atoms with E-state index in [9.17, 15) is 9.18 Å². The molecule has 0 aliphatic rings. The van der Waals surface area contributed by atoms with Crippen LogP contribution in [0.2, 0.25) is 0 Å². The molecule has 0 saturated heterocycles. The van der Waals surface area contributed by atoms with Crippen molar-refractivity contribution in [2.45, 2.75) is 19.9 Å². The third-order valence-electron chi connectivity index (χ3n) is 3.11. The highest BCUT2D eigenvalue weighted by molar-refractivity contribution is 5.77. The first-order valence-electron chi connectivity index (χ1n) is 6.91. The van der Waals surface area contributed by atoms with Crippen molar-refractivity contribution in [3.8, 4) is 5.75 Å². The van der Waals surface area contributed by atoms with Crippen molar-refractivity contribution in [2.75, 3.05) is 6.61 Å². The lowest BCUT2D eigenvalue weighted by molar-refractivity contribution is -0.123. The Labute approximate surface area is 123 Å². The summed E-state index contributed by atoms with van der Waals surface area (Å²) in [6.45, 7) is 2.13. The molecule has 21 heavy (non-hydrogen) atoms. The Morgan fingerprint density at radius 1 is 1.19 bits per heavy atom. The minimum absolute atomic E-state index is 0.0817. The second kappa shape index (κ2) is 7.43. The van der Waals surface area contributed by atoms with Crippen molar-refractivity contribution in [1.29, 1.82) is 0 Å². The van der Waals surface area contributed by atoms with Crippen LogP contribution in [0.5, 0.6) is 5.75 Å². The van der Waals surface area contributed by atoms with E-state index in [0.717, 1.165) is 12.0 Å². The molecule has 0 radical (unpaired) electrons. The number of carbonyl (C=O) groups is 1. The van der Waals surface area contributed by atoms with Gasteiger partial charge in [0.25, 0.3) is 5.91 Å². The van der Waals surface area contributed by atoms with Gasteiger partial charge in [-0.15, -0.1) is 0 Å². The van der Waals surface area contributed by atoms with Crippen LogP contribution in [0.1, 0.15) is 18.1 Å². The summed E-state index contributed by atoms with van der Waals surface area (Å²) < 4.78 is 18.8. The van der Waals surface area contributed by atoms with Crippen LogP contribution >= 0.6 is 0 Å². The average Bonchev–Trinajstić information content (AvgIpc) is 2.52. The SMILES string of the molecule is CCc1cccc(OCC(=O)NCc2ccccc2F)c1. The fourth-order valence-corrected chi connectivity index (χ4v) is 1.89. The molecule has 0 unspecified atom stereocenters. The topological polar surface area (TPSA) is 38.3 Å². The molecule has 2 aromatic rings. The first-order chi connectivity index (χ1) is 10.2. The number of hydrogen-bond donors (Lipinski definition) is 1. The van der Waals surface area contributed by atoms with Crippen molar-refractivity contribution in [1.82, 2.24) is 5.32 Å². The number of halogens is 1. The summed E-state index contributed by atoms with van der Waals surface area (Å²) in [5, 5.41) is 2.63. The Bertz CT molecular complexity index is 613. The number of ether oxygens (including phenoxy) is 1. The summed E-state index contributed by atoms with van der Waals surface area (Å²) in [5.74, 6) is 0.0601. The zero-order chi connectivity index (χ0) is 15.1. The van der Waals surface area contributed by atoms with E-state index < -0.39 is 0 Å². The van der Waals surface area contributed by atoms with E-state index in [0.29, 0.717) is 11.3 Å². The summed E-state index contributed by atoms with van der Waals surface area (Å²) in [5.41, 5.74) is 1.61. The lowest BCUT2D eigenvalue weighted by atomic mass is 10.2. The summed E-state index contributed by atoms with van der Waals surface area (Å²) in [7, 11) is 0. The number of aryl methyl sites for hydroxylation is 1. The van der Waals surface area contributed by atoms with E-state index in [4.69, 9.17) is 4.74 Å². The van der Waals surface area contributed by atoms with Crippen LogP contribution in [0.3, 0.4) is 0 Å². The molecule has 4 heteroatoms. The second-order valence-electron chi connectivity index (χ2n) is 4.66. The molecule has 110 valence electrons. The number of rotatable bonds is 6. The molecule has 0 saturated carbocycles. The van der Waals surface area contributed by atoms with Gasteiger partial charge in [-0.1, -0.05) is 37.3 Å². The molecule has 1 N–H and O–H groups in total. The quantitative estimate of drug-likeness (QED) is 0.886. The molecule has 2 rings (SSSR count). The van der Waals surface area contributed by atoms with E-state index in [1.165, 1.54) is 6.07 Å². The van der Waals surface area contributed by atoms with Gasteiger partial charge in [0.15, 0.2) is 6.61 Å². The smallest absolute Gasteiger partial charge is 0.258 e. The molecule has 0 aliphatic heterocycles. The predicted octanol–water partition coefficient (Wildman–Crippen LogP) is 3.08. The van der Waals surface area contributed by atoms with Gasteiger partial charge in [0.1, 0.15) is 11.6 Å². The predicted molar refractivity (Wildman–Crippen MR) is 79.6 cm³/mol. The van der Waals surface area contributed by atoms with Gasteiger partial charge in [-0.05, 0) is 30.2 Å². The lowest BCUT2D eigenvalue weighted by Crippen LogP contribution is -2.28. The third kappa shape index (κ3) is 4.60. The third-order valence-corrected chi connectivity index (χ3v) is 3.11. The van der Waals surface area contributed by atoms with Crippen LogP contribution in [0.4, 0.5) is 4.39 Å².